The van der Waals surface area contributed by atoms with Crippen LogP contribution < -0.4 is 0 Å². The SMILES string of the molecule is CN1C=CN(CCCC(=O)O)C1.Cl. The Bertz CT molecular complexity index is 197. The Kier molecular flexibility index (Phi) is 5.30. The monoisotopic (exact) mass is 206 g/mol. The van der Waals surface area contributed by atoms with Crippen LogP contribution in [0, 0.1) is 0 Å². The first-order valence-electron chi connectivity index (χ1n) is 4.03. The Balaban J connectivity index is 0.00000144. The van der Waals surface area contributed by atoms with Crippen molar-refractivity contribution in [3.63, 3.8) is 0 Å². The van der Waals surface area contributed by atoms with Gasteiger partial charge in [-0.2, -0.15) is 0 Å². The van der Waals surface area contributed by atoms with Crippen LogP contribution in [0.25, 0.3) is 0 Å². The summed E-state index contributed by atoms with van der Waals surface area (Å²) in [7, 11) is 1.99. The zero-order valence-corrected chi connectivity index (χ0v) is 8.46. The van der Waals surface area contributed by atoms with Gasteiger partial charge in [0.15, 0.2) is 0 Å². The summed E-state index contributed by atoms with van der Waals surface area (Å²) in [5.41, 5.74) is 0. The molecule has 0 spiro atoms. The van der Waals surface area contributed by atoms with Crippen molar-refractivity contribution in [2.24, 2.45) is 0 Å². The molecule has 0 saturated heterocycles. The fourth-order valence-corrected chi connectivity index (χ4v) is 1.17. The molecule has 1 heterocycles. The predicted molar refractivity (Wildman–Crippen MR) is 52.6 cm³/mol. The lowest BCUT2D eigenvalue weighted by atomic mass is 10.3. The van der Waals surface area contributed by atoms with E-state index >= 15 is 0 Å². The maximum absolute atomic E-state index is 10.2. The summed E-state index contributed by atoms with van der Waals surface area (Å²) in [6.45, 7) is 1.70. The highest BCUT2D eigenvalue weighted by atomic mass is 35.5. The molecule has 0 aromatic carbocycles. The van der Waals surface area contributed by atoms with Crippen LogP contribution in [0.1, 0.15) is 12.8 Å². The number of aliphatic carboxylic acids is 1. The van der Waals surface area contributed by atoms with Gasteiger partial charge in [0.25, 0.3) is 0 Å². The van der Waals surface area contributed by atoms with Crippen molar-refractivity contribution in [1.29, 1.82) is 0 Å². The number of carboxylic acid groups (broad SMARTS) is 1. The van der Waals surface area contributed by atoms with E-state index in [1.807, 2.05) is 19.4 Å². The molecule has 1 rings (SSSR count). The van der Waals surface area contributed by atoms with E-state index < -0.39 is 5.97 Å². The van der Waals surface area contributed by atoms with E-state index in [2.05, 4.69) is 9.80 Å². The average Bonchev–Trinajstić information content (AvgIpc) is 2.35. The number of hydrogen-bond acceptors (Lipinski definition) is 3. The number of halogens is 1. The predicted octanol–water partition coefficient (Wildman–Crippen LogP) is 0.949. The van der Waals surface area contributed by atoms with Gasteiger partial charge in [-0.1, -0.05) is 0 Å². The van der Waals surface area contributed by atoms with E-state index in [0.717, 1.165) is 13.2 Å². The Labute approximate surface area is 84.2 Å². The van der Waals surface area contributed by atoms with Gasteiger partial charge in [-0.25, -0.2) is 0 Å². The molecule has 1 N–H and O–H groups in total. The van der Waals surface area contributed by atoms with E-state index in [1.54, 1.807) is 0 Å². The summed E-state index contributed by atoms with van der Waals surface area (Å²) in [5, 5.41) is 8.39. The third-order valence-corrected chi connectivity index (χ3v) is 1.77. The van der Waals surface area contributed by atoms with Crippen molar-refractivity contribution in [2.45, 2.75) is 12.8 Å². The minimum Gasteiger partial charge on any atom is -0.481 e. The summed E-state index contributed by atoms with van der Waals surface area (Å²) in [6, 6.07) is 0. The van der Waals surface area contributed by atoms with Crippen molar-refractivity contribution in [3.8, 4) is 0 Å². The molecule has 0 bridgehead atoms. The highest BCUT2D eigenvalue weighted by molar-refractivity contribution is 5.85. The number of carboxylic acids is 1. The van der Waals surface area contributed by atoms with Crippen molar-refractivity contribution >= 4 is 18.4 Å². The second-order valence-electron chi connectivity index (χ2n) is 3.01. The molecular formula is C8H15ClN2O2. The molecule has 4 nitrogen and oxygen atoms in total. The molecular weight excluding hydrogens is 192 g/mol. The quantitative estimate of drug-likeness (QED) is 0.744. The standard InChI is InChI=1S/C8H14N2O2.ClH/c1-9-5-6-10(7-9)4-2-3-8(11)12;/h5-6H,2-4,7H2,1H3,(H,11,12);1H. The van der Waals surface area contributed by atoms with Crippen molar-refractivity contribution in [3.05, 3.63) is 12.4 Å². The highest BCUT2D eigenvalue weighted by Crippen LogP contribution is 2.04. The van der Waals surface area contributed by atoms with Gasteiger partial charge in [-0.3, -0.25) is 4.79 Å². The molecule has 0 aliphatic carbocycles. The van der Waals surface area contributed by atoms with Crippen LogP contribution in [-0.2, 0) is 4.79 Å². The minimum atomic E-state index is -0.716. The lowest BCUT2D eigenvalue weighted by molar-refractivity contribution is -0.137. The second-order valence-corrected chi connectivity index (χ2v) is 3.01. The molecule has 76 valence electrons. The smallest absolute Gasteiger partial charge is 0.303 e. The molecule has 0 radical (unpaired) electrons. The summed E-state index contributed by atoms with van der Waals surface area (Å²) < 4.78 is 0. The lowest BCUT2D eigenvalue weighted by Gasteiger charge is -2.17. The van der Waals surface area contributed by atoms with Crippen molar-refractivity contribution in [1.82, 2.24) is 9.80 Å². The van der Waals surface area contributed by atoms with Gasteiger partial charge < -0.3 is 14.9 Å². The Morgan fingerprint density at radius 3 is 2.69 bits per heavy atom. The summed E-state index contributed by atoms with van der Waals surface area (Å²) in [5.74, 6) is -0.716. The van der Waals surface area contributed by atoms with Crippen LogP contribution in [0.3, 0.4) is 0 Å². The first-order chi connectivity index (χ1) is 5.68. The maximum atomic E-state index is 10.2. The van der Waals surface area contributed by atoms with E-state index in [4.69, 9.17) is 5.11 Å². The van der Waals surface area contributed by atoms with Crippen LogP contribution >= 0.6 is 12.4 Å². The molecule has 5 heteroatoms. The van der Waals surface area contributed by atoms with E-state index in [1.165, 1.54) is 0 Å². The van der Waals surface area contributed by atoms with E-state index in [9.17, 15) is 4.79 Å². The second kappa shape index (κ2) is 5.70. The zero-order chi connectivity index (χ0) is 8.97. The topological polar surface area (TPSA) is 43.8 Å². The first-order valence-corrected chi connectivity index (χ1v) is 4.03. The Hall–Kier alpha value is -0.900. The molecule has 1 aliphatic heterocycles. The number of rotatable bonds is 4. The van der Waals surface area contributed by atoms with Gasteiger partial charge in [-0.15, -0.1) is 12.4 Å². The third-order valence-electron chi connectivity index (χ3n) is 1.77. The van der Waals surface area contributed by atoms with Gasteiger partial charge >= 0.3 is 5.97 Å². The Morgan fingerprint density at radius 2 is 2.23 bits per heavy atom. The minimum absolute atomic E-state index is 0. The highest BCUT2D eigenvalue weighted by Gasteiger charge is 2.07. The lowest BCUT2D eigenvalue weighted by Crippen LogP contribution is -2.23. The first kappa shape index (κ1) is 12.1. The molecule has 0 atom stereocenters. The van der Waals surface area contributed by atoms with Gasteiger partial charge in [0, 0.05) is 32.4 Å². The van der Waals surface area contributed by atoms with Crippen molar-refractivity contribution in [2.75, 3.05) is 20.3 Å². The molecule has 0 saturated carbocycles. The molecule has 13 heavy (non-hydrogen) atoms. The normalized spacial score (nSPS) is 14.5. The van der Waals surface area contributed by atoms with Crippen LogP contribution in [0.5, 0.6) is 0 Å². The summed E-state index contributed by atoms with van der Waals surface area (Å²) in [6.07, 6.45) is 4.95. The summed E-state index contributed by atoms with van der Waals surface area (Å²) >= 11 is 0. The van der Waals surface area contributed by atoms with Gasteiger partial charge in [0.05, 0.1) is 6.67 Å². The van der Waals surface area contributed by atoms with Crippen LogP contribution in [0.15, 0.2) is 12.4 Å². The number of carbonyl (C=O) groups is 1. The molecule has 0 aromatic rings. The van der Waals surface area contributed by atoms with Gasteiger partial charge in [0.2, 0.25) is 0 Å². The van der Waals surface area contributed by atoms with Crippen molar-refractivity contribution < 1.29 is 9.90 Å². The van der Waals surface area contributed by atoms with Crippen LogP contribution in [0.4, 0.5) is 0 Å². The third kappa shape index (κ3) is 4.62. The fraction of sp³-hybridized carbons (Fsp3) is 0.625. The number of hydrogen-bond donors (Lipinski definition) is 1. The van der Waals surface area contributed by atoms with Gasteiger partial charge in [0.1, 0.15) is 0 Å². The van der Waals surface area contributed by atoms with E-state index in [0.29, 0.717) is 6.42 Å². The van der Waals surface area contributed by atoms with Gasteiger partial charge in [-0.05, 0) is 6.42 Å². The zero-order valence-electron chi connectivity index (χ0n) is 7.64. The summed E-state index contributed by atoms with van der Waals surface area (Å²) in [4.78, 5) is 14.3. The van der Waals surface area contributed by atoms with E-state index in [-0.39, 0.29) is 18.8 Å². The molecule has 0 fully saturated rings. The Morgan fingerprint density at radius 1 is 1.54 bits per heavy atom. The maximum Gasteiger partial charge on any atom is 0.303 e. The fourth-order valence-electron chi connectivity index (χ4n) is 1.17. The molecule has 0 unspecified atom stereocenters. The number of nitrogens with zero attached hydrogens (tertiary/aromatic N) is 2. The molecule has 0 aromatic heterocycles. The van der Waals surface area contributed by atoms with Crippen LogP contribution in [-0.4, -0.2) is 41.1 Å². The average molecular weight is 207 g/mol. The molecule has 1 aliphatic rings. The molecule has 0 amide bonds. The van der Waals surface area contributed by atoms with Crippen LogP contribution in [0.2, 0.25) is 0 Å². The largest absolute Gasteiger partial charge is 0.481 e.